The van der Waals surface area contributed by atoms with Crippen LogP contribution in [0.1, 0.15) is 33.6 Å². The number of imide groups is 1. The number of rotatable bonds is 4. The molecule has 0 spiro atoms. The first-order valence-electron chi connectivity index (χ1n) is 8.86. The third-order valence-corrected chi connectivity index (χ3v) is 7.12. The van der Waals surface area contributed by atoms with Gasteiger partial charge in [-0.15, -0.1) is 0 Å². The Morgan fingerprint density at radius 1 is 1.10 bits per heavy atom. The van der Waals surface area contributed by atoms with Crippen molar-refractivity contribution in [3.63, 3.8) is 0 Å². The van der Waals surface area contributed by atoms with Gasteiger partial charge in [0.15, 0.2) is 0 Å². The summed E-state index contributed by atoms with van der Waals surface area (Å²) in [5.74, 6) is -1.69. The van der Waals surface area contributed by atoms with E-state index in [9.17, 15) is 22.8 Å². The molecule has 1 atom stereocenters. The van der Waals surface area contributed by atoms with Crippen molar-refractivity contribution in [2.75, 3.05) is 11.9 Å². The van der Waals surface area contributed by atoms with Gasteiger partial charge in [-0.05, 0) is 49.2 Å². The van der Waals surface area contributed by atoms with Gasteiger partial charge in [-0.3, -0.25) is 19.7 Å². The lowest BCUT2D eigenvalue weighted by atomic mass is 10.1. The molecule has 2 aromatic carbocycles. The number of hydrogen-bond acceptors (Lipinski definition) is 5. The van der Waals surface area contributed by atoms with Crippen molar-refractivity contribution < 1.29 is 22.8 Å². The van der Waals surface area contributed by atoms with E-state index in [-0.39, 0.29) is 28.3 Å². The number of amides is 3. The molecule has 1 fully saturated rings. The third kappa shape index (κ3) is 3.41. The minimum atomic E-state index is -3.89. The molecule has 0 radical (unpaired) electrons. The summed E-state index contributed by atoms with van der Waals surface area (Å²) in [6.45, 7) is 0.203. The van der Waals surface area contributed by atoms with Gasteiger partial charge in [0, 0.05) is 11.6 Å². The van der Waals surface area contributed by atoms with Crippen molar-refractivity contribution in [1.82, 2.24) is 9.62 Å². The molecule has 0 aliphatic carbocycles. The Labute approximate surface area is 171 Å². The minimum absolute atomic E-state index is 0.0483. The molecule has 1 unspecified atom stereocenters. The number of carbonyl (C=O) groups is 3. The van der Waals surface area contributed by atoms with E-state index in [0.29, 0.717) is 17.9 Å². The van der Waals surface area contributed by atoms with Crippen molar-refractivity contribution in [2.24, 2.45) is 0 Å². The van der Waals surface area contributed by atoms with Gasteiger partial charge in [-0.25, -0.2) is 8.42 Å². The lowest BCUT2D eigenvalue weighted by Crippen LogP contribution is -2.43. The zero-order valence-electron chi connectivity index (χ0n) is 15.0. The number of carbonyl (C=O) groups excluding carboxylic acids is 3. The van der Waals surface area contributed by atoms with Gasteiger partial charge in [-0.1, -0.05) is 17.7 Å². The summed E-state index contributed by atoms with van der Waals surface area (Å²) in [5.41, 5.74) is 0.424. The van der Waals surface area contributed by atoms with E-state index in [2.05, 4.69) is 10.6 Å². The number of nitrogens with zero attached hydrogens (tertiary/aromatic N) is 1. The quantitative estimate of drug-likeness (QED) is 0.716. The summed E-state index contributed by atoms with van der Waals surface area (Å²) in [4.78, 5) is 36.8. The maximum atomic E-state index is 13.0. The Morgan fingerprint density at radius 2 is 1.83 bits per heavy atom. The van der Waals surface area contributed by atoms with Gasteiger partial charge in [0.25, 0.3) is 11.8 Å². The standard InChI is InChI=1S/C19H16ClN3O5S/c20-11-6-8-12(9-7-11)29(27,28)23-10-2-5-15(23)18(25)21-14-4-1-3-13-16(14)19(26)22-17(13)24/h1,3-4,6-9,15H,2,5,10H2,(H,21,25)(H,22,24,26). The first-order chi connectivity index (χ1) is 13.8. The average molecular weight is 434 g/mol. The Morgan fingerprint density at radius 3 is 2.55 bits per heavy atom. The van der Waals surface area contributed by atoms with Crippen LogP contribution in [0.15, 0.2) is 47.4 Å². The first kappa shape index (κ1) is 19.6. The summed E-state index contributed by atoms with van der Waals surface area (Å²) < 4.78 is 27.1. The molecule has 1 saturated heterocycles. The van der Waals surface area contributed by atoms with Gasteiger partial charge >= 0.3 is 0 Å². The summed E-state index contributed by atoms with van der Waals surface area (Å²) in [7, 11) is -3.89. The second kappa shape index (κ2) is 7.25. The molecule has 2 N–H and O–H groups in total. The average Bonchev–Trinajstić information content (AvgIpc) is 3.28. The number of anilines is 1. The molecule has 150 valence electrons. The molecule has 2 aliphatic rings. The SMILES string of the molecule is O=C1NC(=O)c2c(NC(=O)C3CCCN3S(=O)(=O)c3ccc(Cl)cc3)cccc21. The van der Waals surface area contributed by atoms with E-state index >= 15 is 0 Å². The fourth-order valence-electron chi connectivity index (χ4n) is 3.57. The number of sulfonamides is 1. The highest BCUT2D eigenvalue weighted by atomic mass is 35.5. The summed E-state index contributed by atoms with van der Waals surface area (Å²) in [5, 5.41) is 5.20. The van der Waals surface area contributed by atoms with Crippen LogP contribution in [-0.2, 0) is 14.8 Å². The molecule has 0 aromatic heterocycles. The highest BCUT2D eigenvalue weighted by molar-refractivity contribution is 7.89. The second-order valence-electron chi connectivity index (χ2n) is 6.73. The van der Waals surface area contributed by atoms with Crippen LogP contribution in [0.25, 0.3) is 0 Å². The first-order valence-corrected chi connectivity index (χ1v) is 10.7. The van der Waals surface area contributed by atoms with Crippen LogP contribution < -0.4 is 10.6 Å². The molecule has 2 aliphatic heterocycles. The van der Waals surface area contributed by atoms with E-state index in [1.54, 1.807) is 6.07 Å². The zero-order valence-corrected chi connectivity index (χ0v) is 16.6. The van der Waals surface area contributed by atoms with Crippen molar-refractivity contribution in [3.8, 4) is 0 Å². The van der Waals surface area contributed by atoms with Gasteiger partial charge in [0.1, 0.15) is 6.04 Å². The number of benzene rings is 2. The minimum Gasteiger partial charge on any atom is -0.324 e. The van der Waals surface area contributed by atoms with Crippen molar-refractivity contribution >= 4 is 45.0 Å². The molecule has 3 amide bonds. The maximum absolute atomic E-state index is 13.0. The van der Waals surface area contributed by atoms with Gasteiger partial charge in [0.05, 0.1) is 21.7 Å². The molecule has 4 rings (SSSR count). The topological polar surface area (TPSA) is 113 Å². The lowest BCUT2D eigenvalue weighted by molar-refractivity contribution is -0.119. The van der Waals surface area contributed by atoms with E-state index in [0.717, 1.165) is 4.31 Å². The molecular weight excluding hydrogens is 418 g/mol. The molecule has 2 heterocycles. The molecule has 8 nitrogen and oxygen atoms in total. The maximum Gasteiger partial charge on any atom is 0.261 e. The van der Waals surface area contributed by atoms with Crippen molar-refractivity contribution in [3.05, 3.63) is 58.6 Å². The molecular formula is C19H16ClN3O5S. The monoisotopic (exact) mass is 433 g/mol. The number of hydrogen-bond donors (Lipinski definition) is 2. The lowest BCUT2D eigenvalue weighted by Gasteiger charge is -2.23. The largest absolute Gasteiger partial charge is 0.324 e. The predicted molar refractivity (Wildman–Crippen MR) is 105 cm³/mol. The van der Waals surface area contributed by atoms with E-state index in [4.69, 9.17) is 11.6 Å². The summed E-state index contributed by atoms with van der Waals surface area (Å²) in [6, 6.07) is 9.34. The number of halogens is 1. The Hall–Kier alpha value is -2.75. The van der Waals surface area contributed by atoms with E-state index in [1.165, 1.54) is 36.4 Å². The van der Waals surface area contributed by atoms with E-state index in [1.807, 2.05) is 0 Å². The zero-order chi connectivity index (χ0) is 20.8. The molecule has 29 heavy (non-hydrogen) atoms. The normalized spacial score (nSPS) is 19.1. The summed E-state index contributed by atoms with van der Waals surface area (Å²) in [6.07, 6.45) is 0.871. The smallest absolute Gasteiger partial charge is 0.261 e. The van der Waals surface area contributed by atoms with Crippen LogP contribution in [0.3, 0.4) is 0 Å². The molecule has 0 bridgehead atoms. The fourth-order valence-corrected chi connectivity index (χ4v) is 5.35. The second-order valence-corrected chi connectivity index (χ2v) is 9.06. The van der Waals surface area contributed by atoms with Crippen LogP contribution >= 0.6 is 11.6 Å². The van der Waals surface area contributed by atoms with Crippen LogP contribution in [0.4, 0.5) is 5.69 Å². The predicted octanol–water partition coefficient (Wildman–Crippen LogP) is 2.02. The molecule has 10 heteroatoms. The van der Waals surface area contributed by atoms with Gasteiger partial charge in [0.2, 0.25) is 15.9 Å². The van der Waals surface area contributed by atoms with Crippen LogP contribution in [0.5, 0.6) is 0 Å². The third-order valence-electron chi connectivity index (χ3n) is 4.95. The number of fused-ring (bicyclic) bond motifs is 1. The van der Waals surface area contributed by atoms with Crippen molar-refractivity contribution in [1.29, 1.82) is 0 Å². The fraction of sp³-hybridized carbons (Fsp3) is 0.211. The van der Waals surface area contributed by atoms with Crippen molar-refractivity contribution in [2.45, 2.75) is 23.8 Å². The summed E-state index contributed by atoms with van der Waals surface area (Å²) >= 11 is 5.83. The van der Waals surface area contributed by atoms with Gasteiger partial charge < -0.3 is 5.32 Å². The van der Waals surface area contributed by atoms with Gasteiger partial charge in [-0.2, -0.15) is 4.31 Å². The Balaban J connectivity index is 1.61. The Kier molecular flexibility index (Phi) is 4.89. The highest BCUT2D eigenvalue weighted by Crippen LogP contribution is 2.29. The molecule has 0 saturated carbocycles. The van der Waals surface area contributed by atoms with Crippen LogP contribution in [-0.4, -0.2) is 43.0 Å². The number of nitrogens with one attached hydrogen (secondary N) is 2. The Bertz CT molecular complexity index is 1130. The molecule has 2 aromatic rings. The highest BCUT2D eigenvalue weighted by Gasteiger charge is 2.40. The van der Waals surface area contributed by atoms with E-state index < -0.39 is 33.8 Å². The van der Waals surface area contributed by atoms with Crippen LogP contribution in [0.2, 0.25) is 5.02 Å². The van der Waals surface area contributed by atoms with Crippen LogP contribution in [0, 0.1) is 0 Å².